The van der Waals surface area contributed by atoms with Crippen LogP contribution in [0, 0.1) is 6.92 Å². The number of fused-ring (bicyclic) bond motifs is 1. The summed E-state index contributed by atoms with van der Waals surface area (Å²) >= 11 is 0. The summed E-state index contributed by atoms with van der Waals surface area (Å²) in [7, 11) is 0. The van der Waals surface area contributed by atoms with Crippen LogP contribution in [-0.4, -0.2) is 37.1 Å². The third-order valence-electron chi connectivity index (χ3n) is 4.60. The van der Waals surface area contributed by atoms with E-state index in [1.807, 2.05) is 0 Å². The zero-order chi connectivity index (χ0) is 13.2. The molecular formula is C16H25N3. The van der Waals surface area contributed by atoms with Gasteiger partial charge < -0.3 is 10.6 Å². The second-order valence-electron chi connectivity index (χ2n) is 5.97. The van der Waals surface area contributed by atoms with Crippen molar-refractivity contribution in [2.45, 2.75) is 38.8 Å². The van der Waals surface area contributed by atoms with Crippen LogP contribution in [-0.2, 0) is 6.54 Å². The number of nitrogens with zero attached hydrogens (tertiary/aromatic N) is 2. The fraction of sp³-hybridized carbons (Fsp3) is 0.625. The molecule has 0 aliphatic carbocycles. The van der Waals surface area contributed by atoms with E-state index >= 15 is 0 Å². The SMILES string of the molecule is Cc1ccc(CN)c(N2CCCN3CCCC3C2)c1. The molecule has 3 nitrogen and oxygen atoms in total. The van der Waals surface area contributed by atoms with E-state index in [1.54, 1.807) is 0 Å². The summed E-state index contributed by atoms with van der Waals surface area (Å²) < 4.78 is 0. The summed E-state index contributed by atoms with van der Waals surface area (Å²) in [5.41, 5.74) is 9.91. The topological polar surface area (TPSA) is 32.5 Å². The molecule has 0 radical (unpaired) electrons. The number of anilines is 1. The van der Waals surface area contributed by atoms with Gasteiger partial charge in [-0.05, 0) is 49.9 Å². The molecule has 2 saturated heterocycles. The normalized spacial score (nSPS) is 24.3. The van der Waals surface area contributed by atoms with E-state index in [0.29, 0.717) is 6.54 Å². The largest absolute Gasteiger partial charge is 0.370 e. The molecule has 19 heavy (non-hydrogen) atoms. The second-order valence-corrected chi connectivity index (χ2v) is 5.97. The predicted octanol–water partition coefficient (Wildman–Crippen LogP) is 2.13. The van der Waals surface area contributed by atoms with Gasteiger partial charge in [-0.1, -0.05) is 12.1 Å². The van der Waals surface area contributed by atoms with Gasteiger partial charge in [-0.25, -0.2) is 0 Å². The van der Waals surface area contributed by atoms with Gasteiger partial charge in [0.1, 0.15) is 0 Å². The predicted molar refractivity (Wildman–Crippen MR) is 80.5 cm³/mol. The average molecular weight is 259 g/mol. The fourth-order valence-electron chi connectivity index (χ4n) is 3.57. The molecule has 2 heterocycles. The number of benzene rings is 1. The lowest BCUT2D eigenvalue weighted by atomic mass is 10.1. The van der Waals surface area contributed by atoms with Gasteiger partial charge in [-0.3, -0.25) is 4.90 Å². The number of hydrogen-bond acceptors (Lipinski definition) is 3. The van der Waals surface area contributed by atoms with Gasteiger partial charge in [0, 0.05) is 37.9 Å². The Labute approximate surface area is 116 Å². The van der Waals surface area contributed by atoms with Crippen LogP contribution >= 0.6 is 0 Å². The molecule has 3 rings (SSSR count). The van der Waals surface area contributed by atoms with Gasteiger partial charge in [-0.15, -0.1) is 0 Å². The minimum atomic E-state index is 0.639. The minimum absolute atomic E-state index is 0.639. The number of aryl methyl sites for hydroxylation is 1. The van der Waals surface area contributed by atoms with Crippen molar-refractivity contribution in [3.05, 3.63) is 29.3 Å². The highest BCUT2D eigenvalue weighted by molar-refractivity contribution is 5.55. The molecular weight excluding hydrogens is 234 g/mol. The number of hydrogen-bond donors (Lipinski definition) is 1. The Morgan fingerprint density at radius 1 is 1.21 bits per heavy atom. The van der Waals surface area contributed by atoms with E-state index in [4.69, 9.17) is 5.73 Å². The Morgan fingerprint density at radius 2 is 2.05 bits per heavy atom. The van der Waals surface area contributed by atoms with Crippen molar-refractivity contribution in [2.75, 3.05) is 31.1 Å². The summed E-state index contributed by atoms with van der Waals surface area (Å²) in [6, 6.07) is 7.44. The first-order chi connectivity index (χ1) is 9.28. The lowest BCUT2D eigenvalue weighted by Crippen LogP contribution is -2.37. The minimum Gasteiger partial charge on any atom is -0.370 e. The third-order valence-corrected chi connectivity index (χ3v) is 4.60. The number of rotatable bonds is 2. The third kappa shape index (κ3) is 2.63. The Kier molecular flexibility index (Phi) is 3.76. The zero-order valence-electron chi connectivity index (χ0n) is 11.9. The summed E-state index contributed by atoms with van der Waals surface area (Å²) in [5, 5.41) is 0. The second kappa shape index (κ2) is 5.51. The van der Waals surface area contributed by atoms with Gasteiger partial charge in [0.25, 0.3) is 0 Å². The Bertz CT molecular complexity index is 444. The molecule has 1 aromatic carbocycles. The number of nitrogens with two attached hydrogens (primary N) is 1. The van der Waals surface area contributed by atoms with Gasteiger partial charge in [0.2, 0.25) is 0 Å². The van der Waals surface area contributed by atoms with Crippen LogP contribution < -0.4 is 10.6 Å². The first kappa shape index (κ1) is 12.9. The molecule has 2 aliphatic rings. The highest BCUT2D eigenvalue weighted by Crippen LogP contribution is 2.28. The van der Waals surface area contributed by atoms with E-state index in [2.05, 4.69) is 34.9 Å². The molecule has 0 spiro atoms. The van der Waals surface area contributed by atoms with E-state index in [9.17, 15) is 0 Å². The van der Waals surface area contributed by atoms with Gasteiger partial charge >= 0.3 is 0 Å². The molecule has 104 valence electrons. The summed E-state index contributed by atoms with van der Waals surface area (Å²) in [5.74, 6) is 0. The van der Waals surface area contributed by atoms with Gasteiger partial charge in [0.15, 0.2) is 0 Å². The van der Waals surface area contributed by atoms with Crippen LogP contribution in [0.5, 0.6) is 0 Å². The van der Waals surface area contributed by atoms with Crippen LogP contribution in [0.1, 0.15) is 30.4 Å². The van der Waals surface area contributed by atoms with Crippen LogP contribution in [0.3, 0.4) is 0 Å². The summed E-state index contributed by atoms with van der Waals surface area (Å²) in [6.07, 6.45) is 4.00. The Morgan fingerprint density at radius 3 is 2.89 bits per heavy atom. The van der Waals surface area contributed by atoms with Crippen LogP contribution in [0.25, 0.3) is 0 Å². The molecule has 1 unspecified atom stereocenters. The molecule has 2 N–H and O–H groups in total. The molecule has 2 aliphatic heterocycles. The van der Waals surface area contributed by atoms with E-state index in [0.717, 1.165) is 6.04 Å². The van der Waals surface area contributed by atoms with Crippen molar-refractivity contribution < 1.29 is 0 Å². The molecule has 2 fully saturated rings. The van der Waals surface area contributed by atoms with E-state index < -0.39 is 0 Å². The smallest absolute Gasteiger partial charge is 0.0414 e. The molecule has 3 heteroatoms. The quantitative estimate of drug-likeness (QED) is 0.883. The Hall–Kier alpha value is -1.06. The van der Waals surface area contributed by atoms with Crippen LogP contribution in [0.4, 0.5) is 5.69 Å². The van der Waals surface area contributed by atoms with Crippen molar-refractivity contribution in [1.82, 2.24) is 4.90 Å². The average Bonchev–Trinajstić information content (AvgIpc) is 2.76. The maximum Gasteiger partial charge on any atom is 0.0414 e. The lowest BCUT2D eigenvalue weighted by Gasteiger charge is -2.29. The zero-order valence-corrected chi connectivity index (χ0v) is 11.9. The molecule has 1 atom stereocenters. The standard InChI is InChI=1S/C16H25N3/c1-13-5-6-14(11-17)16(10-13)19-9-3-8-18-7-2-4-15(18)12-19/h5-6,10,15H,2-4,7-9,11-12,17H2,1H3. The molecule has 0 aromatic heterocycles. The van der Waals surface area contributed by atoms with Crippen LogP contribution in [0.2, 0.25) is 0 Å². The fourth-order valence-corrected chi connectivity index (χ4v) is 3.57. The highest BCUT2D eigenvalue weighted by atomic mass is 15.3. The molecule has 0 bridgehead atoms. The monoisotopic (exact) mass is 259 g/mol. The summed E-state index contributed by atoms with van der Waals surface area (Å²) in [6.45, 7) is 7.73. The van der Waals surface area contributed by atoms with Gasteiger partial charge in [0.05, 0.1) is 0 Å². The maximum absolute atomic E-state index is 5.92. The van der Waals surface area contributed by atoms with Crippen LogP contribution in [0.15, 0.2) is 18.2 Å². The lowest BCUT2D eigenvalue weighted by molar-refractivity contribution is 0.273. The molecule has 0 saturated carbocycles. The van der Waals surface area contributed by atoms with Crippen molar-refractivity contribution >= 4 is 5.69 Å². The van der Waals surface area contributed by atoms with Crippen molar-refractivity contribution in [3.8, 4) is 0 Å². The molecule has 0 amide bonds. The van der Waals surface area contributed by atoms with Crippen molar-refractivity contribution in [1.29, 1.82) is 0 Å². The van der Waals surface area contributed by atoms with Gasteiger partial charge in [-0.2, -0.15) is 0 Å². The van der Waals surface area contributed by atoms with Crippen molar-refractivity contribution in [2.24, 2.45) is 5.73 Å². The highest BCUT2D eigenvalue weighted by Gasteiger charge is 2.29. The van der Waals surface area contributed by atoms with E-state index in [1.165, 1.54) is 62.3 Å². The molecule has 1 aromatic rings. The first-order valence-corrected chi connectivity index (χ1v) is 7.56. The first-order valence-electron chi connectivity index (χ1n) is 7.56. The Balaban J connectivity index is 1.86. The van der Waals surface area contributed by atoms with E-state index in [-0.39, 0.29) is 0 Å². The summed E-state index contributed by atoms with van der Waals surface area (Å²) in [4.78, 5) is 5.25. The van der Waals surface area contributed by atoms with Crippen molar-refractivity contribution in [3.63, 3.8) is 0 Å². The maximum atomic E-state index is 5.92.